The standard InChI is InChI=1S/C34H50N4O8/c1-19(2)25(31(41)35-7)37-33(43)29(45-17-23-15-11-9-13-21(23)5)27(39)28(40)30(46-18-24-16-12-10-14-22(24)6)34(44)38-26(20(3)4)32(42)36-8/h9-16,19-20,25-30,39-40H,17-18H2,1-8H3,(H,35,41)(H,36,42)(H,37,43)(H,38,44)/t25-,26-,27+,28+,29+,30+/m0/s1. The van der Waals surface area contributed by atoms with Gasteiger partial charge in [0.25, 0.3) is 11.8 Å². The van der Waals surface area contributed by atoms with E-state index in [1.54, 1.807) is 52.0 Å². The van der Waals surface area contributed by atoms with Gasteiger partial charge in [-0.1, -0.05) is 76.2 Å². The van der Waals surface area contributed by atoms with Crippen molar-refractivity contribution in [2.45, 2.75) is 91.3 Å². The fraction of sp³-hybridized carbons (Fsp3) is 0.529. The Labute approximate surface area is 271 Å². The van der Waals surface area contributed by atoms with Gasteiger partial charge in [0.1, 0.15) is 24.3 Å². The molecular formula is C34H50N4O8. The molecular weight excluding hydrogens is 592 g/mol. The van der Waals surface area contributed by atoms with Gasteiger partial charge in [-0.05, 0) is 47.9 Å². The number of hydrogen-bond acceptors (Lipinski definition) is 8. The summed E-state index contributed by atoms with van der Waals surface area (Å²) in [6, 6.07) is 12.6. The van der Waals surface area contributed by atoms with Crippen LogP contribution in [0.4, 0.5) is 0 Å². The number of nitrogens with one attached hydrogen (secondary N) is 4. The molecule has 2 rings (SSSR count). The molecule has 0 aliphatic rings. The second-order valence-electron chi connectivity index (χ2n) is 12.0. The zero-order valence-electron chi connectivity index (χ0n) is 28.0. The van der Waals surface area contributed by atoms with Crippen molar-refractivity contribution in [1.82, 2.24) is 21.3 Å². The fourth-order valence-electron chi connectivity index (χ4n) is 4.77. The summed E-state index contributed by atoms with van der Waals surface area (Å²) in [6.07, 6.45) is -7.44. The van der Waals surface area contributed by atoms with E-state index in [-0.39, 0.29) is 25.0 Å². The summed E-state index contributed by atoms with van der Waals surface area (Å²) in [5.74, 6) is -3.29. The summed E-state index contributed by atoms with van der Waals surface area (Å²) in [6.45, 7) is 10.4. The molecule has 6 atom stereocenters. The van der Waals surface area contributed by atoms with Crippen LogP contribution in [0.5, 0.6) is 0 Å². The molecule has 12 nitrogen and oxygen atoms in total. The molecule has 0 radical (unpaired) electrons. The molecule has 0 fully saturated rings. The lowest BCUT2D eigenvalue weighted by Crippen LogP contribution is -2.60. The molecule has 0 heterocycles. The number of carbonyl (C=O) groups excluding carboxylic acids is 4. The first-order valence-electron chi connectivity index (χ1n) is 15.5. The lowest BCUT2D eigenvalue weighted by Gasteiger charge is -2.33. The summed E-state index contributed by atoms with van der Waals surface area (Å²) in [5, 5.41) is 33.3. The molecule has 254 valence electrons. The number of hydrogen-bond donors (Lipinski definition) is 6. The monoisotopic (exact) mass is 642 g/mol. The number of ether oxygens (including phenoxy) is 2. The van der Waals surface area contributed by atoms with E-state index in [4.69, 9.17) is 9.47 Å². The molecule has 0 aromatic heterocycles. The fourth-order valence-corrected chi connectivity index (χ4v) is 4.77. The van der Waals surface area contributed by atoms with Crippen LogP contribution in [0.15, 0.2) is 48.5 Å². The van der Waals surface area contributed by atoms with E-state index >= 15 is 0 Å². The summed E-state index contributed by atoms with van der Waals surface area (Å²) in [4.78, 5) is 52.4. The maximum atomic E-state index is 13.7. The van der Waals surface area contributed by atoms with Gasteiger partial charge in [0.15, 0.2) is 12.2 Å². The predicted octanol–water partition coefficient (Wildman–Crippen LogP) is 1.27. The van der Waals surface area contributed by atoms with Crippen LogP contribution in [0.2, 0.25) is 0 Å². The van der Waals surface area contributed by atoms with E-state index in [0.717, 1.165) is 22.3 Å². The second-order valence-corrected chi connectivity index (χ2v) is 12.0. The van der Waals surface area contributed by atoms with Crippen LogP contribution in [0.1, 0.15) is 49.9 Å². The van der Waals surface area contributed by atoms with Gasteiger partial charge in [-0.15, -0.1) is 0 Å². The van der Waals surface area contributed by atoms with Crippen molar-refractivity contribution in [2.75, 3.05) is 14.1 Å². The Morgan fingerprint density at radius 3 is 1.22 bits per heavy atom. The zero-order chi connectivity index (χ0) is 34.6. The van der Waals surface area contributed by atoms with Crippen LogP contribution in [-0.4, -0.2) is 84.4 Å². The molecule has 12 heteroatoms. The summed E-state index contributed by atoms with van der Waals surface area (Å²) in [5.41, 5.74) is 3.19. The first-order chi connectivity index (χ1) is 21.7. The van der Waals surface area contributed by atoms with Crippen LogP contribution < -0.4 is 21.3 Å². The third kappa shape index (κ3) is 10.6. The van der Waals surface area contributed by atoms with Crippen LogP contribution in [-0.2, 0) is 41.9 Å². The van der Waals surface area contributed by atoms with Crippen molar-refractivity contribution in [3.05, 3.63) is 70.8 Å². The number of likely N-dealkylation sites (N-methyl/N-ethyl adjacent to an activating group) is 2. The first kappa shape index (κ1) is 38.3. The number of rotatable bonds is 17. The van der Waals surface area contributed by atoms with Gasteiger partial charge in [-0.2, -0.15) is 0 Å². The van der Waals surface area contributed by atoms with E-state index in [0.29, 0.717) is 0 Å². The Hall–Kier alpha value is -3.84. The number of benzene rings is 2. The molecule has 0 saturated carbocycles. The minimum absolute atomic E-state index is 0.117. The Kier molecular flexibility index (Phi) is 15.3. The highest BCUT2D eigenvalue weighted by atomic mass is 16.5. The number of aliphatic hydroxyl groups is 2. The minimum atomic E-state index is -1.99. The Morgan fingerprint density at radius 2 is 0.935 bits per heavy atom. The molecule has 0 aliphatic carbocycles. The van der Waals surface area contributed by atoms with Gasteiger partial charge in [-0.25, -0.2) is 0 Å². The normalized spacial score (nSPS) is 15.3. The van der Waals surface area contributed by atoms with E-state index in [1.165, 1.54) is 14.1 Å². The average Bonchev–Trinajstić information content (AvgIpc) is 3.02. The van der Waals surface area contributed by atoms with Gasteiger partial charge in [-0.3, -0.25) is 19.2 Å². The first-order valence-corrected chi connectivity index (χ1v) is 15.5. The topological polar surface area (TPSA) is 175 Å². The van der Waals surface area contributed by atoms with Crippen molar-refractivity contribution in [2.24, 2.45) is 11.8 Å². The molecule has 0 bridgehead atoms. The zero-order valence-corrected chi connectivity index (χ0v) is 28.0. The van der Waals surface area contributed by atoms with Crippen molar-refractivity contribution >= 4 is 23.6 Å². The summed E-state index contributed by atoms with van der Waals surface area (Å²) >= 11 is 0. The van der Waals surface area contributed by atoms with E-state index in [2.05, 4.69) is 21.3 Å². The van der Waals surface area contributed by atoms with E-state index < -0.39 is 60.1 Å². The van der Waals surface area contributed by atoms with Gasteiger partial charge in [0, 0.05) is 14.1 Å². The molecule has 2 aromatic rings. The van der Waals surface area contributed by atoms with Crippen LogP contribution in [0, 0.1) is 25.7 Å². The van der Waals surface area contributed by atoms with Crippen LogP contribution in [0.25, 0.3) is 0 Å². The smallest absolute Gasteiger partial charge is 0.252 e. The number of amides is 4. The van der Waals surface area contributed by atoms with Crippen molar-refractivity contribution < 1.29 is 38.9 Å². The van der Waals surface area contributed by atoms with E-state index in [1.807, 2.05) is 38.1 Å². The predicted molar refractivity (Wildman–Crippen MR) is 173 cm³/mol. The highest BCUT2D eigenvalue weighted by Crippen LogP contribution is 2.19. The molecule has 46 heavy (non-hydrogen) atoms. The Morgan fingerprint density at radius 1 is 0.609 bits per heavy atom. The summed E-state index contributed by atoms with van der Waals surface area (Å²) < 4.78 is 11.9. The third-order valence-corrected chi connectivity index (χ3v) is 7.83. The second kappa shape index (κ2) is 18.3. The van der Waals surface area contributed by atoms with Gasteiger partial charge in [0.2, 0.25) is 11.8 Å². The highest BCUT2D eigenvalue weighted by Gasteiger charge is 2.42. The SMILES string of the molecule is CNC(=O)[C@@H](NC(=O)[C@H](OCc1ccccc1C)[C@H](O)[C@@H](O)[C@@H](OCc1ccccc1C)C(=O)N[C@H](C(=O)NC)C(C)C)C(C)C. The number of aryl methyl sites for hydroxylation is 2. The lowest BCUT2D eigenvalue weighted by molar-refractivity contribution is -0.171. The van der Waals surface area contributed by atoms with Crippen molar-refractivity contribution in [3.63, 3.8) is 0 Å². The molecule has 6 N–H and O–H groups in total. The summed E-state index contributed by atoms with van der Waals surface area (Å²) in [7, 11) is 2.87. The maximum Gasteiger partial charge on any atom is 0.252 e. The van der Waals surface area contributed by atoms with Crippen molar-refractivity contribution in [3.8, 4) is 0 Å². The molecule has 2 aromatic carbocycles. The highest BCUT2D eigenvalue weighted by molar-refractivity contribution is 5.91. The van der Waals surface area contributed by atoms with Crippen LogP contribution in [0.3, 0.4) is 0 Å². The Bertz CT molecular complexity index is 1220. The third-order valence-electron chi connectivity index (χ3n) is 7.83. The Balaban J connectivity index is 2.48. The quantitative estimate of drug-likeness (QED) is 0.150. The average molecular weight is 643 g/mol. The van der Waals surface area contributed by atoms with Crippen molar-refractivity contribution in [1.29, 1.82) is 0 Å². The molecule has 0 spiro atoms. The van der Waals surface area contributed by atoms with Gasteiger partial charge < -0.3 is 41.0 Å². The maximum absolute atomic E-state index is 13.7. The molecule has 0 unspecified atom stereocenters. The largest absolute Gasteiger partial charge is 0.387 e. The van der Waals surface area contributed by atoms with Gasteiger partial charge in [0.05, 0.1) is 13.2 Å². The van der Waals surface area contributed by atoms with Gasteiger partial charge >= 0.3 is 0 Å². The minimum Gasteiger partial charge on any atom is -0.387 e. The molecule has 0 saturated heterocycles. The molecule has 4 amide bonds. The molecule has 0 aliphatic heterocycles. The number of carbonyl (C=O) groups is 4. The number of aliphatic hydroxyl groups excluding tert-OH is 2. The van der Waals surface area contributed by atoms with E-state index in [9.17, 15) is 29.4 Å². The van der Waals surface area contributed by atoms with Crippen LogP contribution >= 0.6 is 0 Å². The lowest BCUT2D eigenvalue weighted by atomic mass is 9.98.